The summed E-state index contributed by atoms with van der Waals surface area (Å²) in [5.41, 5.74) is 0.885. The Balaban J connectivity index is 1.72. The molecule has 0 aliphatic carbocycles. The molecule has 2 rings (SSSR count). The molecular weight excluding hydrogens is 458 g/mol. The number of halogens is 4. The van der Waals surface area contributed by atoms with Crippen molar-refractivity contribution in [2.24, 2.45) is 0 Å². The summed E-state index contributed by atoms with van der Waals surface area (Å²) < 4.78 is 0. The van der Waals surface area contributed by atoms with Crippen molar-refractivity contribution in [3.63, 3.8) is 0 Å². The molecule has 0 fully saturated rings. The van der Waals surface area contributed by atoms with Crippen molar-refractivity contribution < 1.29 is 9.59 Å². The molecule has 26 heavy (non-hydrogen) atoms. The van der Waals surface area contributed by atoms with Crippen LogP contribution in [0.1, 0.15) is 0 Å². The Morgan fingerprint density at radius 3 is 1.50 bits per heavy atom. The lowest BCUT2D eigenvalue weighted by Crippen LogP contribution is -2.09. The second kappa shape index (κ2) is 10.5. The molecule has 0 atom stereocenters. The van der Waals surface area contributed by atoms with Crippen LogP contribution in [0, 0.1) is 0 Å². The number of hydrogen-bond donors (Lipinski definition) is 2. The van der Waals surface area contributed by atoms with Crippen LogP contribution in [0.5, 0.6) is 0 Å². The second-order valence-corrected chi connectivity index (χ2v) is 8.43. The summed E-state index contributed by atoms with van der Waals surface area (Å²) in [6, 6.07) is 9.96. The Morgan fingerprint density at radius 1 is 0.731 bits per heavy atom. The van der Waals surface area contributed by atoms with Gasteiger partial charge in [-0.1, -0.05) is 82.1 Å². The quantitative estimate of drug-likeness (QED) is 0.444. The number of amides is 2. The second-order valence-electron chi connectivity index (χ2n) is 4.72. The predicted octanol–water partition coefficient (Wildman–Crippen LogP) is 7.53. The molecular formula is C16H12Cl4N2O2S2. The summed E-state index contributed by atoms with van der Waals surface area (Å²) in [6.45, 7) is 0. The van der Waals surface area contributed by atoms with Gasteiger partial charge in [-0.25, -0.2) is 0 Å². The summed E-state index contributed by atoms with van der Waals surface area (Å²) in [4.78, 5) is 23.8. The summed E-state index contributed by atoms with van der Waals surface area (Å²) in [7, 11) is 0. The Bertz CT molecular complexity index is 753. The molecule has 0 aliphatic heterocycles. The van der Waals surface area contributed by atoms with Gasteiger partial charge in [-0.15, -0.1) is 0 Å². The molecule has 0 heterocycles. The summed E-state index contributed by atoms with van der Waals surface area (Å²) in [5.74, 6) is 0.872. The van der Waals surface area contributed by atoms with Crippen molar-refractivity contribution in [1.82, 2.24) is 0 Å². The number of hydrogen-bond acceptors (Lipinski definition) is 4. The van der Waals surface area contributed by atoms with E-state index in [0.29, 0.717) is 32.9 Å². The lowest BCUT2D eigenvalue weighted by molar-refractivity contribution is 0.269. The van der Waals surface area contributed by atoms with Gasteiger partial charge in [0.25, 0.3) is 10.5 Å². The number of carbonyl (C=O) groups excluding carboxylic acids is 2. The number of carbonyl (C=O) groups is 2. The minimum absolute atomic E-state index is 0.284. The fourth-order valence-electron chi connectivity index (χ4n) is 1.76. The average molecular weight is 470 g/mol. The fourth-order valence-corrected chi connectivity index (χ4v) is 3.86. The summed E-state index contributed by atoms with van der Waals surface area (Å²) in [6.07, 6.45) is 0. The Morgan fingerprint density at radius 2 is 1.12 bits per heavy atom. The average Bonchev–Trinajstić information content (AvgIpc) is 2.60. The number of rotatable bonds is 5. The van der Waals surface area contributed by atoms with Gasteiger partial charge < -0.3 is 10.6 Å². The standard InChI is InChI=1S/C16H12Cl4N2O2S2/c17-9-3-1-5-11(13(9)19)21-15(23)25-7-8-26-16(24)22-12-6-2-4-10(18)14(12)20/h1-6H,7-8H2,(H,21,23)(H,22,24). The molecule has 0 radical (unpaired) electrons. The van der Waals surface area contributed by atoms with E-state index in [4.69, 9.17) is 46.4 Å². The van der Waals surface area contributed by atoms with Crippen LogP contribution in [-0.4, -0.2) is 22.0 Å². The highest BCUT2D eigenvalue weighted by molar-refractivity contribution is 8.17. The number of nitrogens with one attached hydrogen (secondary N) is 2. The number of benzene rings is 2. The van der Waals surface area contributed by atoms with Crippen molar-refractivity contribution in [1.29, 1.82) is 0 Å². The van der Waals surface area contributed by atoms with Gasteiger partial charge in [0.05, 0.1) is 31.5 Å². The van der Waals surface area contributed by atoms with Gasteiger partial charge in [0.1, 0.15) is 0 Å². The summed E-state index contributed by atoms with van der Waals surface area (Å²) in [5, 5.41) is 6.05. The van der Waals surface area contributed by atoms with E-state index in [1.54, 1.807) is 36.4 Å². The van der Waals surface area contributed by atoms with Gasteiger partial charge >= 0.3 is 0 Å². The van der Waals surface area contributed by atoms with E-state index < -0.39 is 0 Å². The molecule has 2 aromatic carbocycles. The first-order valence-electron chi connectivity index (χ1n) is 7.14. The Hall–Kier alpha value is -0.760. The Labute approximate surface area is 179 Å². The van der Waals surface area contributed by atoms with E-state index in [1.165, 1.54) is 0 Å². The minimum atomic E-state index is -0.284. The molecule has 0 spiro atoms. The first-order valence-corrected chi connectivity index (χ1v) is 10.6. The van der Waals surface area contributed by atoms with Crippen LogP contribution in [0.25, 0.3) is 0 Å². The smallest absolute Gasteiger partial charge is 0.283 e. The SMILES string of the molecule is O=C(Nc1cccc(Cl)c1Cl)SCCSC(=O)Nc1cccc(Cl)c1Cl. The van der Waals surface area contributed by atoms with Gasteiger partial charge in [0, 0.05) is 11.5 Å². The van der Waals surface area contributed by atoms with Gasteiger partial charge in [-0.05, 0) is 24.3 Å². The zero-order valence-corrected chi connectivity index (χ0v) is 17.7. The molecule has 0 saturated carbocycles. The van der Waals surface area contributed by atoms with Gasteiger partial charge in [-0.3, -0.25) is 9.59 Å². The fraction of sp³-hybridized carbons (Fsp3) is 0.125. The van der Waals surface area contributed by atoms with Crippen molar-refractivity contribution in [2.75, 3.05) is 22.1 Å². The molecule has 0 unspecified atom stereocenters. The van der Waals surface area contributed by atoms with E-state index in [2.05, 4.69) is 10.6 Å². The lowest BCUT2D eigenvalue weighted by Gasteiger charge is -2.08. The monoisotopic (exact) mass is 468 g/mol. The maximum Gasteiger partial charge on any atom is 0.283 e. The largest absolute Gasteiger partial charge is 0.315 e. The van der Waals surface area contributed by atoms with Crippen molar-refractivity contribution in [2.45, 2.75) is 0 Å². The van der Waals surface area contributed by atoms with Crippen molar-refractivity contribution in [3.8, 4) is 0 Å². The third kappa shape index (κ3) is 6.44. The molecule has 2 aromatic rings. The first kappa shape index (κ1) is 21.5. The van der Waals surface area contributed by atoms with Gasteiger partial charge in [0.15, 0.2) is 0 Å². The molecule has 138 valence electrons. The zero-order chi connectivity index (χ0) is 19.1. The van der Waals surface area contributed by atoms with Crippen molar-refractivity contribution >= 4 is 91.8 Å². The molecule has 10 heteroatoms. The zero-order valence-electron chi connectivity index (χ0n) is 13.0. The Kier molecular flexibility index (Phi) is 8.73. The predicted molar refractivity (Wildman–Crippen MR) is 116 cm³/mol. The van der Waals surface area contributed by atoms with E-state index in [0.717, 1.165) is 23.5 Å². The van der Waals surface area contributed by atoms with Crippen LogP contribution in [0.3, 0.4) is 0 Å². The molecule has 4 nitrogen and oxygen atoms in total. The highest BCUT2D eigenvalue weighted by atomic mass is 35.5. The molecule has 2 amide bonds. The summed E-state index contributed by atoms with van der Waals surface area (Å²) >= 11 is 25.9. The topological polar surface area (TPSA) is 58.2 Å². The lowest BCUT2D eigenvalue weighted by atomic mass is 10.3. The first-order chi connectivity index (χ1) is 12.4. The van der Waals surface area contributed by atoms with Crippen LogP contribution in [0.4, 0.5) is 21.0 Å². The maximum atomic E-state index is 11.9. The number of thioether (sulfide) groups is 2. The van der Waals surface area contributed by atoms with Crippen molar-refractivity contribution in [3.05, 3.63) is 56.5 Å². The minimum Gasteiger partial charge on any atom is -0.315 e. The van der Waals surface area contributed by atoms with Crippen LogP contribution in [0.2, 0.25) is 20.1 Å². The normalized spacial score (nSPS) is 10.5. The molecule has 2 N–H and O–H groups in total. The van der Waals surface area contributed by atoms with E-state index in [1.807, 2.05) is 0 Å². The van der Waals surface area contributed by atoms with Crippen LogP contribution in [-0.2, 0) is 0 Å². The highest BCUT2D eigenvalue weighted by Crippen LogP contribution is 2.31. The van der Waals surface area contributed by atoms with Crippen LogP contribution >= 0.6 is 69.9 Å². The molecule has 0 bridgehead atoms. The molecule has 0 aliphatic rings. The van der Waals surface area contributed by atoms with Gasteiger partial charge in [-0.2, -0.15) is 0 Å². The maximum absolute atomic E-state index is 11.9. The van der Waals surface area contributed by atoms with Crippen LogP contribution < -0.4 is 10.6 Å². The highest BCUT2D eigenvalue weighted by Gasteiger charge is 2.11. The van der Waals surface area contributed by atoms with Gasteiger partial charge in [0.2, 0.25) is 0 Å². The third-order valence-corrected chi connectivity index (χ3v) is 6.37. The van der Waals surface area contributed by atoms with E-state index in [-0.39, 0.29) is 20.5 Å². The third-order valence-electron chi connectivity index (χ3n) is 2.93. The molecule has 0 aromatic heterocycles. The number of anilines is 2. The van der Waals surface area contributed by atoms with E-state index in [9.17, 15) is 9.59 Å². The molecule has 0 saturated heterocycles. The van der Waals surface area contributed by atoms with Crippen LogP contribution in [0.15, 0.2) is 36.4 Å². The van der Waals surface area contributed by atoms with E-state index >= 15 is 0 Å².